The number of nitrogens with zero attached hydrogens (tertiary/aromatic N) is 3. The Morgan fingerprint density at radius 3 is 2.37 bits per heavy atom. The SMILES string of the molecule is COc1cc(NC(=O)C2C[N@@]3CC4C(=O)N(c5cccc(C(F)(F)F)c5)C(=O)[N+]24C3)cc(OC)c1. The number of anilines is 2. The van der Waals surface area contributed by atoms with Crippen molar-refractivity contribution in [2.45, 2.75) is 18.3 Å². The minimum Gasteiger partial charge on any atom is -0.497 e. The number of rotatable bonds is 5. The number of ether oxygens (including phenoxy) is 2. The number of carbonyl (C=O) groups excluding carboxylic acids is 3. The molecule has 2 aromatic rings. The van der Waals surface area contributed by atoms with E-state index in [-0.39, 0.29) is 25.4 Å². The summed E-state index contributed by atoms with van der Waals surface area (Å²) in [5.74, 6) is -0.202. The van der Waals surface area contributed by atoms with Crippen molar-refractivity contribution in [2.24, 2.45) is 0 Å². The van der Waals surface area contributed by atoms with Crippen molar-refractivity contribution in [2.75, 3.05) is 44.2 Å². The smallest absolute Gasteiger partial charge is 0.433 e. The van der Waals surface area contributed by atoms with Gasteiger partial charge in [-0.15, -0.1) is 0 Å². The third kappa shape index (κ3) is 3.51. The average molecular weight is 491 g/mol. The molecule has 0 radical (unpaired) electrons. The van der Waals surface area contributed by atoms with E-state index in [0.717, 1.165) is 23.1 Å². The monoisotopic (exact) mass is 491 g/mol. The maximum absolute atomic E-state index is 13.7. The van der Waals surface area contributed by atoms with Crippen LogP contribution in [0.5, 0.6) is 11.5 Å². The van der Waals surface area contributed by atoms with E-state index in [0.29, 0.717) is 17.2 Å². The molecule has 3 unspecified atom stereocenters. The van der Waals surface area contributed by atoms with Gasteiger partial charge >= 0.3 is 12.2 Å². The molecule has 5 rings (SSSR count). The summed E-state index contributed by atoms with van der Waals surface area (Å²) in [5.41, 5.74) is -0.744. The van der Waals surface area contributed by atoms with E-state index < -0.39 is 46.2 Å². The predicted octanol–water partition coefficient (Wildman–Crippen LogP) is 2.67. The standard InChI is InChI=1S/C23H21F3N4O5/c1-34-16-7-14(8-17(9-16)35-2)27-20(31)18-10-28-11-19-21(32)29(22(33)30(18,19)12-28)15-5-3-4-13(6-15)23(24,25)26/h3-9,18-19H,10-12H2,1-2H3/p+1. The van der Waals surface area contributed by atoms with Crippen LogP contribution in [-0.2, 0) is 15.8 Å². The van der Waals surface area contributed by atoms with E-state index in [9.17, 15) is 27.6 Å². The van der Waals surface area contributed by atoms with Crippen LogP contribution in [0.15, 0.2) is 42.5 Å². The van der Waals surface area contributed by atoms with E-state index in [4.69, 9.17) is 9.47 Å². The highest BCUT2D eigenvalue weighted by Crippen LogP contribution is 2.44. The predicted molar refractivity (Wildman–Crippen MR) is 117 cm³/mol. The molecule has 3 aliphatic rings. The molecule has 184 valence electrons. The van der Waals surface area contributed by atoms with Crippen LogP contribution in [0.25, 0.3) is 0 Å². The van der Waals surface area contributed by atoms with Gasteiger partial charge in [0.05, 0.1) is 38.6 Å². The summed E-state index contributed by atoms with van der Waals surface area (Å²) in [4.78, 5) is 42.9. The zero-order chi connectivity index (χ0) is 25.1. The molecule has 3 saturated heterocycles. The molecule has 0 aromatic heterocycles. The maximum Gasteiger partial charge on any atom is 0.433 e. The summed E-state index contributed by atoms with van der Waals surface area (Å²) in [6.45, 7) is 0.611. The molecule has 0 saturated carbocycles. The summed E-state index contributed by atoms with van der Waals surface area (Å²) in [5, 5.41) is 2.77. The highest BCUT2D eigenvalue weighted by molar-refractivity contribution is 6.19. The summed E-state index contributed by atoms with van der Waals surface area (Å²) in [7, 11) is 2.93. The number of halogens is 3. The van der Waals surface area contributed by atoms with Gasteiger partial charge in [-0.1, -0.05) is 6.07 Å². The fraction of sp³-hybridized carbons (Fsp3) is 0.348. The first kappa shape index (κ1) is 23.1. The number of hydrogen-bond acceptors (Lipinski definition) is 6. The van der Waals surface area contributed by atoms with Crippen LogP contribution >= 0.6 is 0 Å². The second-order valence-corrected chi connectivity index (χ2v) is 8.73. The van der Waals surface area contributed by atoms with E-state index in [1.54, 1.807) is 18.2 Å². The van der Waals surface area contributed by atoms with E-state index in [2.05, 4.69) is 5.32 Å². The van der Waals surface area contributed by atoms with Gasteiger partial charge in [0.15, 0.2) is 12.1 Å². The minimum absolute atomic E-state index is 0.129. The summed E-state index contributed by atoms with van der Waals surface area (Å²) in [6, 6.07) is 6.41. The number of amides is 4. The largest absolute Gasteiger partial charge is 0.497 e. The van der Waals surface area contributed by atoms with Crippen LogP contribution in [0.2, 0.25) is 0 Å². The van der Waals surface area contributed by atoms with Gasteiger partial charge in [0.25, 0.3) is 11.8 Å². The molecule has 3 heterocycles. The third-order valence-corrected chi connectivity index (χ3v) is 6.81. The molecular weight excluding hydrogens is 469 g/mol. The lowest BCUT2D eigenvalue weighted by molar-refractivity contribution is -0.852. The minimum atomic E-state index is -4.63. The van der Waals surface area contributed by atoms with Crippen molar-refractivity contribution in [1.29, 1.82) is 0 Å². The first-order valence-electron chi connectivity index (χ1n) is 10.8. The molecule has 0 aliphatic carbocycles. The van der Waals surface area contributed by atoms with Crippen molar-refractivity contribution in [3.05, 3.63) is 48.0 Å². The lowest BCUT2D eigenvalue weighted by atomic mass is 10.1. The summed E-state index contributed by atoms with van der Waals surface area (Å²) < 4.78 is 49.7. The molecule has 3 fully saturated rings. The number of fused-ring (bicyclic) bond motifs is 1. The Bertz CT molecular complexity index is 1210. The molecule has 1 N–H and O–H groups in total. The van der Waals surface area contributed by atoms with E-state index >= 15 is 0 Å². The van der Waals surface area contributed by atoms with Gasteiger partial charge in [-0.05, 0) is 18.2 Å². The third-order valence-electron chi connectivity index (χ3n) is 6.81. The summed E-state index contributed by atoms with van der Waals surface area (Å²) >= 11 is 0. The molecular formula is C23H22F3N4O5+. The lowest BCUT2D eigenvalue weighted by Crippen LogP contribution is -2.63. The Kier molecular flexibility index (Phi) is 5.25. The van der Waals surface area contributed by atoms with Gasteiger partial charge in [0.2, 0.25) is 0 Å². The fourth-order valence-corrected chi connectivity index (χ4v) is 5.20. The second-order valence-electron chi connectivity index (χ2n) is 8.73. The Hall–Kier alpha value is -3.64. The normalized spacial score (nSPS) is 27.2. The second kappa shape index (κ2) is 7.95. The topological polar surface area (TPSA) is 88.2 Å². The Morgan fingerprint density at radius 2 is 1.74 bits per heavy atom. The van der Waals surface area contributed by atoms with Gasteiger partial charge < -0.3 is 14.8 Å². The van der Waals surface area contributed by atoms with Crippen LogP contribution in [0.3, 0.4) is 0 Å². The Balaban J connectivity index is 1.46. The number of methoxy groups -OCH3 is 2. The number of piperazine rings is 1. The molecule has 35 heavy (non-hydrogen) atoms. The quantitative estimate of drug-likeness (QED) is 0.511. The van der Waals surface area contributed by atoms with Crippen LogP contribution in [-0.4, -0.2) is 73.3 Å². The first-order chi connectivity index (χ1) is 16.6. The molecule has 2 aromatic carbocycles. The van der Waals surface area contributed by atoms with Gasteiger partial charge in [0.1, 0.15) is 18.2 Å². The van der Waals surface area contributed by atoms with Crippen molar-refractivity contribution in [3.8, 4) is 11.5 Å². The maximum atomic E-state index is 13.7. The Morgan fingerprint density at radius 1 is 1.06 bits per heavy atom. The van der Waals surface area contributed by atoms with Gasteiger partial charge in [0, 0.05) is 23.9 Å². The Labute approximate surface area is 198 Å². The zero-order valence-corrected chi connectivity index (χ0v) is 18.8. The molecule has 12 heteroatoms. The van der Waals surface area contributed by atoms with Crippen molar-refractivity contribution in [3.63, 3.8) is 0 Å². The van der Waals surface area contributed by atoms with Crippen LogP contribution < -0.4 is 19.7 Å². The summed E-state index contributed by atoms with van der Waals surface area (Å²) in [6.07, 6.45) is -4.63. The van der Waals surface area contributed by atoms with Crippen molar-refractivity contribution in [1.82, 2.24) is 4.90 Å². The number of carbonyl (C=O) groups is 3. The van der Waals surface area contributed by atoms with Crippen LogP contribution in [0, 0.1) is 0 Å². The van der Waals surface area contributed by atoms with Gasteiger partial charge in [-0.3, -0.25) is 9.59 Å². The zero-order valence-electron chi connectivity index (χ0n) is 18.8. The van der Waals surface area contributed by atoms with Gasteiger partial charge in [-0.25, -0.2) is 14.2 Å². The van der Waals surface area contributed by atoms with Crippen LogP contribution in [0.4, 0.5) is 29.3 Å². The molecule has 2 bridgehead atoms. The molecule has 4 amide bonds. The van der Waals surface area contributed by atoms with Gasteiger partial charge in [-0.2, -0.15) is 18.1 Å². The fourth-order valence-electron chi connectivity index (χ4n) is 5.20. The number of hydrogen-bond donors (Lipinski definition) is 1. The average Bonchev–Trinajstić information content (AvgIpc) is 3.46. The molecule has 9 nitrogen and oxygen atoms in total. The number of nitrogens with one attached hydrogen (secondary N) is 1. The molecule has 4 atom stereocenters. The van der Waals surface area contributed by atoms with Crippen molar-refractivity contribution >= 4 is 29.2 Å². The number of alkyl halides is 3. The number of urea groups is 1. The highest BCUT2D eigenvalue weighted by Gasteiger charge is 2.73. The highest BCUT2D eigenvalue weighted by atomic mass is 19.4. The van der Waals surface area contributed by atoms with E-state index in [1.807, 2.05) is 4.90 Å². The first-order valence-corrected chi connectivity index (χ1v) is 10.8. The lowest BCUT2D eigenvalue weighted by Gasteiger charge is -2.32. The van der Waals surface area contributed by atoms with Crippen LogP contribution in [0.1, 0.15) is 5.56 Å². The molecule has 1 spiro atoms. The number of quaternary nitrogens is 1. The number of imide groups is 1. The van der Waals surface area contributed by atoms with Crippen molar-refractivity contribution < 1.29 is 41.5 Å². The molecule has 3 aliphatic heterocycles. The van der Waals surface area contributed by atoms with E-state index in [1.165, 1.54) is 20.3 Å². The number of benzene rings is 2.